The van der Waals surface area contributed by atoms with Crippen molar-refractivity contribution in [3.05, 3.63) is 41.5 Å². The van der Waals surface area contributed by atoms with Gasteiger partial charge in [0, 0.05) is 6.04 Å². The summed E-state index contributed by atoms with van der Waals surface area (Å²) in [6.07, 6.45) is -6.67. The summed E-state index contributed by atoms with van der Waals surface area (Å²) in [5, 5.41) is 12.9. The number of fused-ring (bicyclic) bond motifs is 1. The zero-order chi connectivity index (χ0) is 26.8. The largest absolute Gasteiger partial charge is 0.490 e. The van der Waals surface area contributed by atoms with E-state index in [1.165, 1.54) is 12.1 Å². The molecule has 0 amide bonds. The minimum Gasteiger partial charge on any atom is -0.490 e. The van der Waals surface area contributed by atoms with Crippen molar-refractivity contribution in [3.63, 3.8) is 0 Å². The number of alkyl halides is 6. The number of carbonyl (C=O) groups is 1. The SMILES string of the molecule is O=C(O)[C@H]1CC[C@@H](NCCc2ccc3ccc(O[C@H]4CC[C@@H](C(F)(F)F)CC4)c(C(F)(F)F)c3c2)CC1. The van der Waals surface area contributed by atoms with Crippen molar-refractivity contribution in [1.82, 2.24) is 5.32 Å². The summed E-state index contributed by atoms with van der Waals surface area (Å²) in [5.74, 6) is -2.86. The van der Waals surface area contributed by atoms with Gasteiger partial charge in [0.15, 0.2) is 0 Å². The molecule has 2 aromatic rings. The Morgan fingerprint density at radius 3 is 2.16 bits per heavy atom. The van der Waals surface area contributed by atoms with Crippen molar-refractivity contribution < 1.29 is 41.0 Å². The molecule has 0 spiro atoms. The topological polar surface area (TPSA) is 58.6 Å². The number of carboxylic acids is 1. The second-order valence-electron chi connectivity index (χ2n) is 10.2. The van der Waals surface area contributed by atoms with E-state index in [-0.39, 0.29) is 48.8 Å². The van der Waals surface area contributed by atoms with Gasteiger partial charge in [0.05, 0.1) is 17.9 Å². The third-order valence-corrected chi connectivity index (χ3v) is 7.69. The number of hydrogen-bond acceptors (Lipinski definition) is 3. The van der Waals surface area contributed by atoms with Crippen LogP contribution in [0, 0.1) is 11.8 Å². The molecule has 37 heavy (non-hydrogen) atoms. The molecule has 0 radical (unpaired) electrons. The molecule has 2 fully saturated rings. The maximum Gasteiger partial charge on any atom is 0.420 e. The van der Waals surface area contributed by atoms with Gasteiger partial charge in [-0.05, 0) is 86.7 Å². The molecule has 2 N–H and O–H groups in total. The van der Waals surface area contributed by atoms with E-state index in [4.69, 9.17) is 9.84 Å². The number of ether oxygens (including phenoxy) is 1. The van der Waals surface area contributed by atoms with Crippen molar-refractivity contribution in [2.45, 2.75) is 82.3 Å². The Morgan fingerprint density at radius 1 is 0.919 bits per heavy atom. The van der Waals surface area contributed by atoms with E-state index in [0.717, 1.165) is 12.8 Å². The van der Waals surface area contributed by atoms with Crippen LogP contribution in [0.15, 0.2) is 30.3 Å². The Kier molecular flexibility index (Phi) is 8.26. The predicted octanol–water partition coefficient (Wildman–Crippen LogP) is 7.13. The molecule has 10 heteroatoms. The first kappa shape index (κ1) is 27.5. The number of rotatable bonds is 7. The number of nitrogens with one attached hydrogen (secondary N) is 1. The molecule has 2 aliphatic carbocycles. The average Bonchev–Trinajstić information content (AvgIpc) is 2.83. The lowest BCUT2D eigenvalue weighted by Crippen LogP contribution is -2.36. The van der Waals surface area contributed by atoms with Crippen LogP contribution in [0.3, 0.4) is 0 Å². The molecule has 2 saturated carbocycles. The molecular formula is C27H31F6NO3. The van der Waals surface area contributed by atoms with Crippen LogP contribution in [0.1, 0.15) is 62.5 Å². The molecule has 0 bridgehead atoms. The standard InChI is InChI=1S/C27H31F6NO3/c28-26(29,30)19-6-10-21(11-7-19)37-23-12-5-17-2-1-16(15-22(17)24(23)27(31,32)33)13-14-34-20-8-3-18(4-9-20)25(35)36/h1-2,5,12,15,18-21,34H,3-4,6-11,13-14H2,(H,35,36)/t18-,19-,20+,21+. The minimum absolute atomic E-state index is 0.00782. The third kappa shape index (κ3) is 6.89. The lowest BCUT2D eigenvalue weighted by Gasteiger charge is -2.31. The number of hydrogen-bond donors (Lipinski definition) is 2. The van der Waals surface area contributed by atoms with E-state index in [0.29, 0.717) is 36.8 Å². The van der Waals surface area contributed by atoms with Crippen molar-refractivity contribution in [2.75, 3.05) is 6.54 Å². The Hall–Kier alpha value is -2.49. The van der Waals surface area contributed by atoms with E-state index in [9.17, 15) is 31.1 Å². The van der Waals surface area contributed by atoms with Gasteiger partial charge in [-0.25, -0.2) is 0 Å². The summed E-state index contributed by atoms with van der Waals surface area (Å²) in [6.45, 7) is 0.550. The average molecular weight is 532 g/mol. The maximum absolute atomic E-state index is 14.2. The molecule has 0 atom stereocenters. The Morgan fingerprint density at radius 2 is 1.57 bits per heavy atom. The van der Waals surface area contributed by atoms with Crippen LogP contribution in [0.25, 0.3) is 10.8 Å². The van der Waals surface area contributed by atoms with E-state index in [1.54, 1.807) is 18.2 Å². The molecule has 2 aliphatic rings. The Balaban J connectivity index is 1.45. The van der Waals surface area contributed by atoms with E-state index in [2.05, 4.69) is 5.32 Å². The van der Waals surface area contributed by atoms with E-state index < -0.39 is 35.9 Å². The molecule has 204 valence electrons. The summed E-state index contributed by atoms with van der Waals surface area (Å²) in [6, 6.07) is 7.92. The fourth-order valence-corrected chi connectivity index (χ4v) is 5.55. The minimum atomic E-state index is -4.70. The van der Waals surface area contributed by atoms with E-state index >= 15 is 0 Å². The van der Waals surface area contributed by atoms with Gasteiger partial charge < -0.3 is 15.2 Å². The van der Waals surface area contributed by atoms with Crippen LogP contribution < -0.4 is 10.1 Å². The number of carboxylic acid groups (broad SMARTS) is 1. The molecule has 4 nitrogen and oxygen atoms in total. The summed E-state index contributed by atoms with van der Waals surface area (Å²) >= 11 is 0. The molecule has 0 heterocycles. The zero-order valence-electron chi connectivity index (χ0n) is 20.3. The smallest absolute Gasteiger partial charge is 0.420 e. The third-order valence-electron chi connectivity index (χ3n) is 7.69. The summed E-state index contributed by atoms with van der Waals surface area (Å²) in [5.41, 5.74) is -0.183. The van der Waals surface area contributed by atoms with Crippen molar-refractivity contribution in [1.29, 1.82) is 0 Å². The van der Waals surface area contributed by atoms with Crippen LogP contribution in [-0.2, 0) is 17.4 Å². The zero-order valence-corrected chi connectivity index (χ0v) is 20.3. The highest BCUT2D eigenvalue weighted by atomic mass is 19.4. The first-order valence-electron chi connectivity index (χ1n) is 12.7. The van der Waals surface area contributed by atoms with Crippen LogP contribution in [0.2, 0.25) is 0 Å². The first-order chi connectivity index (χ1) is 17.4. The lowest BCUT2D eigenvalue weighted by molar-refractivity contribution is -0.185. The maximum atomic E-state index is 14.2. The highest BCUT2D eigenvalue weighted by Crippen LogP contribution is 2.44. The van der Waals surface area contributed by atoms with Crippen molar-refractivity contribution in [2.24, 2.45) is 11.8 Å². The van der Waals surface area contributed by atoms with Gasteiger partial charge in [0.2, 0.25) is 0 Å². The fourth-order valence-electron chi connectivity index (χ4n) is 5.55. The van der Waals surface area contributed by atoms with Crippen LogP contribution in [0.5, 0.6) is 5.75 Å². The number of halogens is 6. The van der Waals surface area contributed by atoms with Crippen molar-refractivity contribution >= 4 is 16.7 Å². The summed E-state index contributed by atoms with van der Waals surface area (Å²) in [7, 11) is 0. The molecule has 0 saturated heterocycles. The molecular weight excluding hydrogens is 500 g/mol. The lowest BCUT2D eigenvalue weighted by atomic mass is 9.86. The quantitative estimate of drug-likeness (QED) is 0.373. The van der Waals surface area contributed by atoms with Gasteiger partial charge in [-0.2, -0.15) is 26.3 Å². The molecule has 0 aromatic heterocycles. The first-order valence-corrected chi connectivity index (χ1v) is 12.7. The van der Waals surface area contributed by atoms with Crippen molar-refractivity contribution in [3.8, 4) is 5.75 Å². The molecule has 4 rings (SSSR count). The second-order valence-corrected chi connectivity index (χ2v) is 10.2. The predicted molar refractivity (Wildman–Crippen MR) is 126 cm³/mol. The van der Waals surface area contributed by atoms with Gasteiger partial charge in [0.25, 0.3) is 0 Å². The Labute approximate surface area is 211 Å². The number of benzene rings is 2. The second kappa shape index (κ2) is 11.1. The van der Waals surface area contributed by atoms with Gasteiger partial charge in [-0.15, -0.1) is 0 Å². The summed E-state index contributed by atoms with van der Waals surface area (Å²) in [4.78, 5) is 11.1. The number of aliphatic carboxylic acids is 1. The van der Waals surface area contributed by atoms with Gasteiger partial charge >= 0.3 is 18.3 Å². The summed E-state index contributed by atoms with van der Waals surface area (Å²) < 4.78 is 87.1. The highest BCUT2D eigenvalue weighted by Gasteiger charge is 2.42. The monoisotopic (exact) mass is 531 g/mol. The van der Waals surface area contributed by atoms with Crippen LogP contribution in [-0.4, -0.2) is 35.9 Å². The fraction of sp³-hybridized carbons (Fsp3) is 0.593. The van der Waals surface area contributed by atoms with Gasteiger partial charge in [-0.3, -0.25) is 4.79 Å². The Bertz CT molecular complexity index is 1080. The van der Waals surface area contributed by atoms with Crippen LogP contribution in [0.4, 0.5) is 26.3 Å². The van der Waals surface area contributed by atoms with Gasteiger partial charge in [0.1, 0.15) is 11.3 Å². The van der Waals surface area contributed by atoms with E-state index in [1.807, 2.05) is 0 Å². The van der Waals surface area contributed by atoms with Gasteiger partial charge in [-0.1, -0.05) is 24.3 Å². The molecule has 0 unspecified atom stereocenters. The highest BCUT2D eigenvalue weighted by molar-refractivity contribution is 5.89. The van der Waals surface area contributed by atoms with Crippen LogP contribution >= 0.6 is 0 Å². The molecule has 0 aliphatic heterocycles. The molecule has 2 aromatic carbocycles. The normalized spacial score (nSPS) is 25.2.